The highest BCUT2D eigenvalue weighted by Gasteiger charge is 2.21. The molecule has 112 valence electrons. The summed E-state index contributed by atoms with van der Waals surface area (Å²) in [7, 11) is 1.70. The van der Waals surface area contributed by atoms with Crippen LogP contribution in [0.5, 0.6) is 5.75 Å². The number of nitrogens with zero attached hydrogens (tertiary/aromatic N) is 1. The van der Waals surface area contributed by atoms with Crippen LogP contribution < -0.4 is 10.1 Å². The maximum atomic E-state index is 6.39. The van der Waals surface area contributed by atoms with Crippen LogP contribution in [0.25, 0.3) is 10.9 Å². The standard InChI is InChI=1S/C17H21ClN2O/c1-3-10-19-16-11-6-4-5-7-13(11)20-17-12(18)8-9-14(21-2)15(16)17/h8-9H,3-7,10H2,1-2H3,(H,19,20). The molecule has 21 heavy (non-hydrogen) atoms. The number of anilines is 1. The van der Waals surface area contributed by atoms with Crippen LogP contribution in [0.15, 0.2) is 12.1 Å². The molecule has 0 spiro atoms. The van der Waals surface area contributed by atoms with Gasteiger partial charge in [0.05, 0.1) is 28.7 Å². The van der Waals surface area contributed by atoms with E-state index in [-0.39, 0.29) is 0 Å². The quantitative estimate of drug-likeness (QED) is 0.896. The number of ether oxygens (including phenoxy) is 1. The lowest BCUT2D eigenvalue weighted by Crippen LogP contribution is -2.12. The first kappa shape index (κ1) is 14.5. The van der Waals surface area contributed by atoms with Gasteiger partial charge in [-0.05, 0) is 49.8 Å². The van der Waals surface area contributed by atoms with Crippen molar-refractivity contribution < 1.29 is 4.74 Å². The Kier molecular flexibility index (Phi) is 4.20. The monoisotopic (exact) mass is 304 g/mol. The van der Waals surface area contributed by atoms with Gasteiger partial charge in [-0.25, -0.2) is 0 Å². The average Bonchev–Trinajstić information content (AvgIpc) is 2.52. The summed E-state index contributed by atoms with van der Waals surface area (Å²) in [6.07, 6.45) is 5.64. The minimum atomic E-state index is 0.693. The number of fused-ring (bicyclic) bond motifs is 2. The van der Waals surface area contributed by atoms with Gasteiger partial charge in [-0.2, -0.15) is 0 Å². The third-order valence-corrected chi connectivity index (χ3v) is 4.40. The fourth-order valence-corrected chi connectivity index (χ4v) is 3.28. The van der Waals surface area contributed by atoms with Crippen molar-refractivity contribution in [1.29, 1.82) is 0 Å². The number of nitrogens with one attached hydrogen (secondary N) is 1. The molecule has 1 aliphatic carbocycles. The first-order valence-electron chi connectivity index (χ1n) is 7.68. The number of aromatic nitrogens is 1. The summed E-state index contributed by atoms with van der Waals surface area (Å²) in [5.74, 6) is 0.842. The zero-order valence-corrected chi connectivity index (χ0v) is 13.4. The lowest BCUT2D eigenvalue weighted by Gasteiger charge is -2.23. The maximum Gasteiger partial charge on any atom is 0.130 e. The molecule has 1 N–H and O–H groups in total. The van der Waals surface area contributed by atoms with Crippen LogP contribution in [-0.2, 0) is 12.8 Å². The molecule has 3 nitrogen and oxygen atoms in total. The van der Waals surface area contributed by atoms with Crippen molar-refractivity contribution in [3.05, 3.63) is 28.4 Å². The van der Waals surface area contributed by atoms with Gasteiger partial charge < -0.3 is 10.1 Å². The topological polar surface area (TPSA) is 34.2 Å². The Labute approximate surface area is 130 Å². The Bertz CT molecular complexity index is 670. The molecule has 1 aromatic carbocycles. The van der Waals surface area contributed by atoms with E-state index in [1.807, 2.05) is 12.1 Å². The molecule has 0 bridgehead atoms. The summed E-state index contributed by atoms with van der Waals surface area (Å²) in [5.41, 5.74) is 4.58. The second-order valence-corrected chi connectivity index (χ2v) is 5.93. The molecule has 3 rings (SSSR count). The zero-order valence-electron chi connectivity index (χ0n) is 12.6. The summed E-state index contributed by atoms with van der Waals surface area (Å²) in [5, 5.41) is 5.31. The van der Waals surface area contributed by atoms with E-state index in [4.69, 9.17) is 21.3 Å². The summed E-state index contributed by atoms with van der Waals surface area (Å²) in [6, 6.07) is 3.80. The van der Waals surface area contributed by atoms with Gasteiger partial charge in [0.15, 0.2) is 0 Å². The molecule has 4 heteroatoms. The van der Waals surface area contributed by atoms with Crippen LogP contribution in [0, 0.1) is 0 Å². The van der Waals surface area contributed by atoms with E-state index in [2.05, 4.69) is 12.2 Å². The highest BCUT2D eigenvalue weighted by molar-refractivity contribution is 6.35. The molecule has 1 aromatic heterocycles. The molecular weight excluding hydrogens is 284 g/mol. The van der Waals surface area contributed by atoms with Crippen molar-refractivity contribution in [2.75, 3.05) is 19.0 Å². The van der Waals surface area contributed by atoms with E-state index in [0.29, 0.717) is 5.02 Å². The summed E-state index contributed by atoms with van der Waals surface area (Å²) in [4.78, 5) is 4.84. The molecule has 0 amide bonds. The van der Waals surface area contributed by atoms with Crippen LogP contribution in [0.3, 0.4) is 0 Å². The number of aryl methyl sites for hydroxylation is 1. The van der Waals surface area contributed by atoms with Crippen molar-refractivity contribution in [2.45, 2.75) is 39.0 Å². The van der Waals surface area contributed by atoms with Crippen molar-refractivity contribution in [2.24, 2.45) is 0 Å². The lowest BCUT2D eigenvalue weighted by molar-refractivity contribution is 0.420. The van der Waals surface area contributed by atoms with Gasteiger partial charge in [0, 0.05) is 12.2 Å². The highest BCUT2D eigenvalue weighted by Crippen LogP contribution is 2.40. The lowest BCUT2D eigenvalue weighted by atomic mass is 9.92. The molecule has 2 aromatic rings. The van der Waals surface area contributed by atoms with Crippen molar-refractivity contribution in [1.82, 2.24) is 4.98 Å². The number of benzene rings is 1. The van der Waals surface area contributed by atoms with Gasteiger partial charge in [0.2, 0.25) is 0 Å². The minimum absolute atomic E-state index is 0.693. The van der Waals surface area contributed by atoms with Gasteiger partial charge in [-0.15, -0.1) is 0 Å². The van der Waals surface area contributed by atoms with Gasteiger partial charge in [-0.3, -0.25) is 4.98 Å². The second-order valence-electron chi connectivity index (χ2n) is 5.52. The number of methoxy groups -OCH3 is 1. The predicted molar refractivity (Wildman–Crippen MR) is 88.7 cm³/mol. The predicted octanol–water partition coefficient (Wildman–Crippen LogP) is 4.60. The number of pyridine rings is 1. The number of hydrogen-bond acceptors (Lipinski definition) is 3. The molecule has 0 fully saturated rings. The molecule has 0 saturated heterocycles. The Morgan fingerprint density at radius 2 is 2.10 bits per heavy atom. The van der Waals surface area contributed by atoms with Gasteiger partial charge in [0.1, 0.15) is 5.75 Å². The largest absolute Gasteiger partial charge is 0.496 e. The van der Waals surface area contributed by atoms with Gasteiger partial charge in [-0.1, -0.05) is 18.5 Å². The summed E-state index contributed by atoms with van der Waals surface area (Å²) < 4.78 is 5.56. The summed E-state index contributed by atoms with van der Waals surface area (Å²) in [6.45, 7) is 3.12. The van der Waals surface area contributed by atoms with E-state index in [1.165, 1.54) is 29.8 Å². The van der Waals surface area contributed by atoms with Crippen LogP contribution >= 0.6 is 11.6 Å². The Balaban J connectivity index is 2.31. The molecule has 1 aliphatic rings. The zero-order chi connectivity index (χ0) is 14.8. The number of hydrogen-bond donors (Lipinski definition) is 1. The molecule has 0 radical (unpaired) electrons. The Morgan fingerprint density at radius 3 is 2.86 bits per heavy atom. The second kappa shape index (κ2) is 6.10. The third kappa shape index (κ3) is 2.55. The molecule has 0 saturated carbocycles. The SMILES string of the molecule is CCCNc1c2c(nc3c(Cl)ccc(OC)c13)CCCC2. The van der Waals surface area contributed by atoms with Gasteiger partial charge >= 0.3 is 0 Å². The maximum absolute atomic E-state index is 6.39. The molecule has 1 heterocycles. The molecular formula is C17H21ClN2O. The minimum Gasteiger partial charge on any atom is -0.496 e. The smallest absolute Gasteiger partial charge is 0.130 e. The third-order valence-electron chi connectivity index (χ3n) is 4.10. The Hall–Kier alpha value is -1.48. The normalized spacial score (nSPS) is 14.0. The highest BCUT2D eigenvalue weighted by atomic mass is 35.5. The van der Waals surface area contributed by atoms with Crippen LogP contribution in [0.4, 0.5) is 5.69 Å². The first-order valence-corrected chi connectivity index (χ1v) is 8.05. The molecule has 0 atom stereocenters. The Morgan fingerprint density at radius 1 is 1.29 bits per heavy atom. The van der Waals surface area contributed by atoms with Crippen molar-refractivity contribution in [3.8, 4) is 5.75 Å². The van der Waals surface area contributed by atoms with Crippen LogP contribution in [-0.4, -0.2) is 18.6 Å². The van der Waals surface area contributed by atoms with Crippen molar-refractivity contribution >= 4 is 28.2 Å². The van der Waals surface area contributed by atoms with E-state index in [0.717, 1.165) is 42.5 Å². The van der Waals surface area contributed by atoms with E-state index in [1.54, 1.807) is 7.11 Å². The molecule has 0 aliphatic heterocycles. The van der Waals surface area contributed by atoms with Crippen LogP contribution in [0.2, 0.25) is 5.02 Å². The summed E-state index contributed by atoms with van der Waals surface area (Å²) >= 11 is 6.39. The number of rotatable bonds is 4. The first-order chi connectivity index (χ1) is 10.3. The fraction of sp³-hybridized carbons (Fsp3) is 0.471. The van der Waals surface area contributed by atoms with Gasteiger partial charge in [0.25, 0.3) is 0 Å². The average molecular weight is 305 g/mol. The van der Waals surface area contributed by atoms with E-state index in [9.17, 15) is 0 Å². The molecule has 0 unspecified atom stereocenters. The number of halogens is 1. The van der Waals surface area contributed by atoms with Crippen LogP contribution in [0.1, 0.15) is 37.4 Å². The van der Waals surface area contributed by atoms with Crippen molar-refractivity contribution in [3.63, 3.8) is 0 Å². The van der Waals surface area contributed by atoms with E-state index >= 15 is 0 Å². The fourth-order valence-electron chi connectivity index (χ4n) is 3.08. The van der Waals surface area contributed by atoms with E-state index < -0.39 is 0 Å².